The van der Waals surface area contributed by atoms with Gasteiger partial charge in [-0.1, -0.05) is 19.3 Å². The first-order chi connectivity index (χ1) is 8.74. The fourth-order valence-electron chi connectivity index (χ4n) is 2.36. The summed E-state index contributed by atoms with van der Waals surface area (Å²) in [6.07, 6.45) is 3.85. The van der Waals surface area contributed by atoms with Crippen molar-refractivity contribution in [2.45, 2.75) is 45.1 Å². The lowest BCUT2D eigenvalue weighted by atomic mass is 9.77. The van der Waals surface area contributed by atoms with Crippen molar-refractivity contribution in [1.29, 1.82) is 5.26 Å². The predicted molar refractivity (Wildman–Crippen MR) is 69.8 cm³/mol. The number of sulfonamides is 1. The molecular weight excluding hydrogens is 268 g/mol. The number of carboxylic acid groups (broad SMARTS) is 1. The fraction of sp³-hybridized carbons (Fsp3) is 0.833. The van der Waals surface area contributed by atoms with Crippen molar-refractivity contribution >= 4 is 16.0 Å². The highest BCUT2D eigenvalue weighted by Gasteiger charge is 2.40. The molecule has 0 aromatic rings. The maximum Gasteiger partial charge on any atom is 0.321 e. The zero-order valence-electron chi connectivity index (χ0n) is 11.3. The quantitative estimate of drug-likeness (QED) is 0.819. The molecule has 108 valence electrons. The Bertz CT molecular complexity index is 474. The lowest BCUT2D eigenvalue weighted by molar-refractivity contribution is -0.140. The van der Waals surface area contributed by atoms with Gasteiger partial charge in [-0.25, -0.2) is 8.42 Å². The van der Waals surface area contributed by atoms with Crippen molar-refractivity contribution in [2.75, 3.05) is 12.8 Å². The summed E-state index contributed by atoms with van der Waals surface area (Å²) in [5, 5.41) is 18.2. The van der Waals surface area contributed by atoms with Gasteiger partial charge in [0.25, 0.3) is 0 Å². The van der Waals surface area contributed by atoms with Crippen molar-refractivity contribution in [1.82, 2.24) is 4.31 Å². The highest BCUT2D eigenvalue weighted by Crippen LogP contribution is 2.37. The van der Waals surface area contributed by atoms with Gasteiger partial charge in [0.05, 0.1) is 17.2 Å². The summed E-state index contributed by atoms with van der Waals surface area (Å²) in [4.78, 5) is 10.9. The van der Waals surface area contributed by atoms with Crippen molar-refractivity contribution < 1.29 is 18.3 Å². The molecule has 1 fully saturated rings. The molecule has 0 saturated heterocycles. The topological polar surface area (TPSA) is 98.5 Å². The van der Waals surface area contributed by atoms with Gasteiger partial charge in [-0.05, 0) is 19.8 Å². The molecule has 6 nitrogen and oxygen atoms in total. The van der Waals surface area contributed by atoms with Crippen LogP contribution in [0.1, 0.15) is 39.0 Å². The molecule has 1 N–H and O–H groups in total. The maximum atomic E-state index is 12.2. The third kappa shape index (κ3) is 3.67. The highest BCUT2D eigenvalue weighted by molar-refractivity contribution is 7.89. The van der Waals surface area contributed by atoms with Gasteiger partial charge >= 0.3 is 5.97 Å². The molecule has 0 bridgehead atoms. The average Bonchev–Trinajstić information content (AvgIpc) is 2.37. The van der Waals surface area contributed by atoms with Crippen LogP contribution in [0.4, 0.5) is 0 Å². The van der Waals surface area contributed by atoms with E-state index in [0.29, 0.717) is 12.8 Å². The minimum atomic E-state index is -3.74. The van der Waals surface area contributed by atoms with Crippen LogP contribution >= 0.6 is 0 Å². The van der Waals surface area contributed by atoms with E-state index in [2.05, 4.69) is 6.07 Å². The first kappa shape index (κ1) is 15.9. The number of likely N-dealkylation sites (N-methyl/N-ethyl adjacent to an activating group) is 1. The molecule has 0 heterocycles. The summed E-state index contributed by atoms with van der Waals surface area (Å²) in [5.74, 6) is -1.48. The first-order valence-electron chi connectivity index (χ1n) is 6.34. The molecule has 0 aromatic carbocycles. The van der Waals surface area contributed by atoms with E-state index in [9.17, 15) is 18.5 Å². The van der Waals surface area contributed by atoms with E-state index < -0.39 is 27.4 Å². The second kappa shape index (κ2) is 5.88. The molecule has 0 spiro atoms. The normalized spacial score (nSPS) is 20.7. The number of aliphatic carboxylic acids is 1. The Morgan fingerprint density at radius 3 is 2.37 bits per heavy atom. The minimum Gasteiger partial charge on any atom is -0.480 e. The molecule has 0 aliphatic heterocycles. The summed E-state index contributed by atoms with van der Waals surface area (Å²) in [7, 11) is -2.49. The van der Waals surface area contributed by atoms with Crippen molar-refractivity contribution in [3.05, 3.63) is 0 Å². The van der Waals surface area contributed by atoms with Gasteiger partial charge < -0.3 is 5.11 Å². The van der Waals surface area contributed by atoms with E-state index in [1.54, 1.807) is 0 Å². The van der Waals surface area contributed by atoms with E-state index in [0.717, 1.165) is 23.6 Å². The van der Waals surface area contributed by atoms with Crippen LogP contribution in [0.15, 0.2) is 0 Å². The van der Waals surface area contributed by atoms with E-state index in [1.165, 1.54) is 14.0 Å². The van der Waals surface area contributed by atoms with Crippen LogP contribution in [-0.4, -0.2) is 42.6 Å². The predicted octanol–water partition coefficient (Wildman–Crippen LogP) is 1.20. The molecule has 0 amide bonds. The van der Waals surface area contributed by atoms with Gasteiger partial charge in [0, 0.05) is 7.05 Å². The van der Waals surface area contributed by atoms with Gasteiger partial charge in [0.1, 0.15) is 6.04 Å². The second-order valence-corrected chi connectivity index (χ2v) is 7.27. The first-order valence-corrected chi connectivity index (χ1v) is 7.95. The maximum absolute atomic E-state index is 12.2. The van der Waals surface area contributed by atoms with Gasteiger partial charge in [0.15, 0.2) is 0 Å². The van der Waals surface area contributed by atoms with Crippen molar-refractivity contribution in [2.24, 2.45) is 5.41 Å². The Morgan fingerprint density at radius 2 is 1.95 bits per heavy atom. The zero-order chi connectivity index (χ0) is 14.7. The van der Waals surface area contributed by atoms with Crippen LogP contribution in [0.2, 0.25) is 0 Å². The molecular formula is C12H20N2O4S. The minimum absolute atomic E-state index is 0.287. The lowest BCUT2D eigenvalue weighted by Gasteiger charge is -2.32. The molecule has 1 aliphatic rings. The molecule has 0 radical (unpaired) electrons. The summed E-state index contributed by atoms with van der Waals surface area (Å²) < 4.78 is 25.3. The van der Waals surface area contributed by atoms with E-state index in [-0.39, 0.29) is 5.75 Å². The third-order valence-electron chi connectivity index (χ3n) is 3.85. The Kier molecular flexibility index (Phi) is 4.93. The number of hydrogen-bond donors (Lipinski definition) is 1. The Labute approximate surface area is 114 Å². The second-order valence-electron chi connectivity index (χ2n) is 5.24. The van der Waals surface area contributed by atoms with Crippen LogP contribution < -0.4 is 0 Å². The summed E-state index contributed by atoms with van der Waals surface area (Å²) in [5.41, 5.74) is -0.858. The highest BCUT2D eigenvalue weighted by atomic mass is 32.2. The number of nitriles is 1. The molecule has 1 rings (SSSR count). The molecule has 1 unspecified atom stereocenters. The van der Waals surface area contributed by atoms with Gasteiger partial charge in [-0.15, -0.1) is 0 Å². The van der Waals surface area contributed by atoms with E-state index >= 15 is 0 Å². The fourth-order valence-corrected chi connectivity index (χ4v) is 4.19. The van der Waals surface area contributed by atoms with Gasteiger partial charge in [0.2, 0.25) is 10.0 Å². The van der Waals surface area contributed by atoms with Crippen LogP contribution in [0.5, 0.6) is 0 Å². The molecule has 1 atom stereocenters. The number of nitrogens with zero attached hydrogens (tertiary/aromatic N) is 2. The number of hydrogen-bond acceptors (Lipinski definition) is 4. The lowest BCUT2D eigenvalue weighted by Crippen LogP contribution is -2.45. The van der Waals surface area contributed by atoms with Gasteiger partial charge in [-0.3, -0.25) is 4.79 Å². The van der Waals surface area contributed by atoms with Crippen LogP contribution in [0.3, 0.4) is 0 Å². The smallest absolute Gasteiger partial charge is 0.321 e. The summed E-state index contributed by atoms with van der Waals surface area (Å²) in [6, 6.07) is 1.02. The van der Waals surface area contributed by atoms with Crippen LogP contribution in [-0.2, 0) is 14.8 Å². The number of carbonyl (C=O) groups is 1. The number of rotatable bonds is 5. The Balaban J connectivity index is 2.89. The molecule has 0 aromatic heterocycles. The molecule has 1 saturated carbocycles. The molecule has 1 aliphatic carbocycles. The van der Waals surface area contributed by atoms with E-state index in [1.807, 2.05) is 0 Å². The molecule has 19 heavy (non-hydrogen) atoms. The van der Waals surface area contributed by atoms with Crippen LogP contribution in [0, 0.1) is 16.7 Å². The van der Waals surface area contributed by atoms with E-state index in [4.69, 9.17) is 5.11 Å². The van der Waals surface area contributed by atoms with Crippen molar-refractivity contribution in [3.8, 4) is 6.07 Å². The van der Waals surface area contributed by atoms with Crippen molar-refractivity contribution in [3.63, 3.8) is 0 Å². The van der Waals surface area contributed by atoms with Gasteiger partial charge in [-0.2, -0.15) is 9.57 Å². The molecule has 7 heteroatoms. The number of carboxylic acids is 1. The average molecular weight is 288 g/mol. The largest absolute Gasteiger partial charge is 0.480 e. The zero-order valence-corrected chi connectivity index (χ0v) is 12.1. The standard InChI is InChI=1S/C12H20N2O4S/c1-10(11(15)16)14(2)19(17,18)9-12(8-13)6-4-3-5-7-12/h10H,3-7,9H2,1-2H3,(H,15,16). The SMILES string of the molecule is CC(C(=O)O)N(C)S(=O)(=O)CC1(C#N)CCCCC1. The van der Waals surface area contributed by atoms with Crippen LogP contribution in [0.25, 0.3) is 0 Å². The Morgan fingerprint density at radius 1 is 1.42 bits per heavy atom. The Hall–Kier alpha value is -1.13. The summed E-state index contributed by atoms with van der Waals surface area (Å²) >= 11 is 0. The summed E-state index contributed by atoms with van der Waals surface area (Å²) in [6.45, 7) is 1.32. The monoisotopic (exact) mass is 288 g/mol. The third-order valence-corrected chi connectivity index (χ3v) is 5.96.